The van der Waals surface area contributed by atoms with Crippen LogP contribution in [0.4, 0.5) is 0 Å². The second-order valence-electron chi connectivity index (χ2n) is 4.81. The molecule has 0 aromatic heterocycles. The van der Waals surface area contributed by atoms with Crippen molar-refractivity contribution in [3.63, 3.8) is 0 Å². The predicted octanol–water partition coefficient (Wildman–Crippen LogP) is 4.08. The van der Waals surface area contributed by atoms with Crippen LogP contribution in [0.3, 0.4) is 0 Å². The van der Waals surface area contributed by atoms with Crippen LogP contribution in [0.1, 0.15) is 35.2 Å². The van der Waals surface area contributed by atoms with Gasteiger partial charge in [-0.2, -0.15) is 0 Å². The van der Waals surface area contributed by atoms with Crippen LogP contribution in [0, 0.1) is 0 Å². The van der Waals surface area contributed by atoms with E-state index in [2.05, 4.69) is 0 Å². The number of hydrogen-bond acceptors (Lipinski definition) is 3. The highest BCUT2D eigenvalue weighted by atomic mass is 16.5. The maximum absolute atomic E-state index is 12.7. The molecular formula is C18H20O3. The highest BCUT2D eigenvalue weighted by molar-refractivity contribution is 6.01. The first kappa shape index (κ1) is 15.1. The standard InChI is InChI=1S/C18H20O3/c1-4-15(13-8-6-5-7-9-13)18(19)14-10-11-16(20-2)17(12-14)21-3/h5-12,15H,4H2,1-3H3/t15-/m0/s1. The lowest BCUT2D eigenvalue weighted by molar-refractivity contribution is 0.0957. The fraction of sp³-hybridized carbons (Fsp3) is 0.278. The Hall–Kier alpha value is -2.29. The average molecular weight is 284 g/mol. The molecule has 0 fully saturated rings. The van der Waals surface area contributed by atoms with Crippen LogP contribution in [0.2, 0.25) is 0 Å². The van der Waals surface area contributed by atoms with E-state index in [1.54, 1.807) is 32.4 Å². The number of hydrogen-bond donors (Lipinski definition) is 0. The highest BCUT2D eigenvalue weighted by Gasteiger charge is 2.21. The van der Waals surface area contributed by atoms with Gasteiger partial charge in [-0.3, -0.25) is 4.79 Å². The summed E-state index contributed by atoms with van der Waals surface area (Å²) in [5, 5.41) is 0. The second-order valence-corrected chi connectivity index (χ2v) is 4.81. The summed E-state index contributed by atoms with van der Waals surface area (Å²) < 4.78 is 10.5. The molecule has 0 radical (unpaired) electrons. The van der Waals surface area contributed by atoms with Crippen LogP contribution < -0.4 is 9.47 Å². The molecule has 0 heterocycles. The van der Waals surface area contributed by atoms with Crippen molar-refractivity contribution in [2.75, 3.05) is 14.2 Å². The molecule has 1 atom stereocenters. The number of benzene rings is 2. The van der Waals surface area contributed by atoms with E-state index in [-0.39, 0.29) is 11.7 Å². The van der Waals surface area contributed by atoms with Crippen molar-refractivity contribution >= 4 is 5.78 Å². The SMILES string of the molecule is CC[C@H](C(=O)c1ccc(OC)c(OC)c1)c1ccccc1. The highest BCUT2D eigenvalue weighted by Crippen LogP contribution is 2.31. The molecule has 0 spiro atoms. The number of carbonyl (C=O) groups excluding carboxylic acids is 1. The largest absolute Gasteiger partial charge is 0.493 e. The van der Waals surface area contributed by atoms with Crippen molar-refractivity contribution in [2.24, 2.45) is 0 Å². The molecule has 2 aromatic rings. The van der Waals surface area contributed by atoms with Crippen LogP contribution in [-0.4, -0.2) is 20.0 Å². The Bertz CT molecular complexity index is 605. The van der Waals surface area contributed by atoms with Crippen LogP contribution in [0.5, 0.6) is 11.5 Å². The van der Waals surface area contributed by atoms with E-state index in [4.69, 9.17) is 9.47 Å². The van der Waals surface area contributed by atoms with Crippen molar-refractivity contribution in [1.29, 1.82) is 0 Å². The Labute approximate surface area is 125 Å². The summed E-state index contributed by atoms with van der Waals surface area (Å²) in [6.07, 6.45) is 0.761. The van der Waals surface area contributed by atoms with E-state index < -0.39 is 0 Å². The third kappa shape index (κ3) is 3.24. The van der Waals surface area contributed by atoms with Gasteiger partial charge < -0.3 is 9.47 Å². The number of methoxy groups -OCH3 is 2. The summed E-state index contributed by atoms with van der Waals surface area (Å²) in [5.74, 6) is 1.17. The summed E-state index contributed by atoms with van der Waals surface area (Å²) in [6.45, 7) is 2.02. The smallest absolute Gasteiger partial charge is 0.170 e. The minimum Gasteiger partial charge on any atom is -0.493 e. The number of Topliss-reactive ketones (excluding diaryl/α,β-unsaturated/α-hetero) is 1. The van der Waals surface area contributed by atoms with Crippen molar-refractivity contribution in [2.45, 2.75) is 19.3 Å². The number of carbonyl (C=O) groups is 1. The monoisotopic (exact) mass is 284 g/mol. The minimum absolute atomic E-state index is 0.102. The summed E-state index contributed by atoms with van der Waals surface area (Å²) in [4.78, 5) is 12.7. The Morgan fingerprint density at radius 3 is 2.24 bits per heavy atom. The third-order valence-corrected chi connectivity index (χ3v) is 3.59. The fourth-order valence-corrected chi connectivity index (χ4v) is 2.45. The van der Waals surface area contributed by atoms with E-state index in [1.807, 2.05) is 37.3 Å². The maximum Gasteiger partial charge on any atom is 0.170 e. The van der Waals surface area contributed by atoms with Crippen molar-refractivity contribution in [1.82, 2.24) is 0 Å². The van der Waals surface area contributed by atoms with E-state index in [1.165, 1.54) is 0 Å². The molecule has 21 heavy (non-hydrogen) atoms. The minimum atomic E-state index is -0.135. The summed E-state index contributed by atoms with van der Waals surface area (Å²) >= 11 is 0. The zero-order valence-electron chi connectivity index (χ0n) is 12.6. The Balaban J connectivity index is 2.34. The molecule has 0 saturated carbocycles. The molecule has 0 aliphatic rings. The quantitative estimate of drug-likeness (QED) is 0.750. The lowest BCUT2D eigenvalue weighted by Gasteiger charge is -2.15. The summed E-state index contributed by atoms with van der Waals surface area (Å²) in [7, 11) is 3.15. The molecule has 0 aliphatic heterocycles. The maximum atomic E-state index is 12.7. The van der Waals surface area contributed by atoms with Gasteiger partial charge in [0.1, 0.15) is 0 Å². The molecule has 0 bridgehead atoms. The Morgan fingerprint density at radius 2 is 1.67 bits per heavy atom. The second kappa shape index (κ2) is 6.93. The molecule has 0 saturated heterocycles. The van der Waals surface area contributed by atoms with Crippen molar-refractivity contribution in [3.8, 4) is 11.5 Å². The molecule has 0 amide bonds. The van der Waals surface area contributed by atoms with Crippen LogP contribution in [-0.2, 0) is 0 Å². The van der Waals surface area contributed by atoms with Crippen LogP contribution in [0.25, 0.3) is 0 Å². The molecule has 2 aromatic carbocycles. The molecule has 3 heteroatoms. The number of ketones is 1. The van der Waals surface area contributed by atoms with Crippen molar-refractivity contribution in [3.05, 3.63) is 59.7 Å². The van der Waals surface area contributed by atoms with Gasteiger partial charge in [0, 0.05) is 11.5 Å². The molecule has 110 valence electrons. The average Bonchev–Trinajstić information content (AvgIpc) is 2.55. The zero-order chi connectivity index (χ0) is 15.2. The molecular weight excluding hydrogens is 264 g/mol. The first-order chi connectivity index (χ1) is 10.2. The van der Waals surface area contributed by atoms with Crippen molar-refractivity contribution < 1.29 is 14.3 Å². The van der Waals surface area contributed by atoms with Gasteiger partial charge in [0.2, 0.25) is 0 Å². The number of ether oxygens (including phenoxy) is 2. The third-order valence-electron chi connectivity index (χ3n) is 3.59. The van der Waals surface area contributed by atoms with E-state index in [9.17, 15) is 4.79 Å². The van der Waals surface area contributed by atoms with Gasteiger partial charge in [-0.15, -0.1) is 0 Å². The summed E-state index contributed by atoms with van der Waals surface area (Å²) in [6, 6.07) is 15.2. The normalized spacial score (nSPS) is 11.8. The van der Waals surface area contributed by atoms with Gasteiger partial charge in [0.05, 0.1) is 14.2 Å². The number of rotatable bonds is 6. The molecule has 3 nitrogen and oxygen atoms in total. The molecule has 0 N–H and O–H groups in total. The van der Waals surface area contributed by atoms with Gasteiger partial charge in [-0.1, -0.05) is 37.3 Å². The van der Waals surface area contributed by atoms with Gasteiger partial charge in [0.15, 0.2) is 17.3 Å². The molecule has 2 rings (SSSR count). The Morgan fingerprint density at radius 1 is 1.00 bits per heavy atom. The van der Waals surface area contributed by atoms with Gasteiger partial charge in [-0.25, -0.2) is 0 Å². The lowest BCUT2D eigenvalue weighted by Crippen LogP contribution is -2.12. The van der Waals surface area contributed by atoms with E-state index in [0.29, 0.717) is 17.1 Å². The van der Waals surface area contributed by atoms with Crippen LogP contribution in [0.15, 0.2) is 48.5 Å². The van der Waals surface area contributed by atoms with Crippen LogP contribution >= 0.6 is 0 Å². The predicted molar refractivity (Wildman–Crippen MR) is 83.4 cm³/mol. The van der Waals surface area contributed by atoms with Gasteiger partial charge in [0.25, 0.3) is 0 Å². The topological polar surface area (TPSA) is 35.5 Å². The fourth-order valence-electron chi connectivity index (χ4n) is 2.45. The lowest BCUT2D eigenvalue weighted by atomic mass is 9.88. The summed E-state index contributed by atoms with van der Waals surface area (Å²) in [5.41, 5.74) is 1.68. The molecule has 0 aliphatic carbocycles. The van der Waals surface area contributed by atoms with E-state index >= 15 is 0 Å². The first-order valence-electron chi connectivity index (χ1n) is 7.02. The Kier molecular flexibility index (Phi) is 4.99. The first-order valence-corrected chi connectivity index (χ1v) is 7.02. The molecule has 0 unspecified atom stereocenters. The van der Waals surface area contributed by atoms with Gasteiger partial charge >= 0.3 is 0 Å². The van der Waals surface area contributed by atoms with E-state index in [0.717, 1.165) is 12.0 Å². The van der Waals surface area contributed by atoms with Gasteiger partial charge in [-0.05, 0) is 30.2 Å². The zero-order valence-corrected chi connectivity index (χ0v) is 12.6.